The summed E-state index contributed by atoms with van der Waals surface area (Å²) in [4.78, 5) is 24.1. The van der Waals surface area contributed by atoms with Gasteiger partial charge < -0.3 is 9.73 Å². The molecule has 1 heterocycles. The second kappa shape index (κ2) is 7.75. The summed E-state index contributed by atoms with van der Waals surface area (Å²) in [6.45, 7) is 0.347. The minimum Gasteiger partial charge on any atom is -0.422 e. The first-order chi connectivity index (χ1) is 12.5. The molecule has 26 heavy (non-hydrogen) atoms. The topological polar surface area (TPSA) is 83.4 Å². The van der Waals surface area contributed by atoms with Crippen molar-refractivity contribution in [2.45, 2.75) is 6.54 Å². The number of halogens is 1. The highest BCUT2D eigenvalue weighted by atomic mass is 32.1. The summed E-state index contributed by atoms with van der Waals surface area (Å²) >= 11 is 5.04. The Balaban J connectivity index is 1.58. The van der Waals surface area contributed by atoms with Gasteiger partial charge >= 0.3 is 5.63 Å². The lowest BCUT2D eigenvalue weighted by Crippen LogP contribution is -2.47. The molecule has 1 aromatic heterocycles. The van der Waals surface area contributed by atoms with E-state index in [1.165, 1.54) is 18.2 Å². The number of nitrogens with one attached hydrogen (secondary N) is 3. The second-order valence-electron chi connectivity index (χ2n) is 5.37. The third kappa shape index (κ3) is 4.22. The molecule has 0 fully saturated rings. The molecule has 6 nitrogen and oxygen atoms in total. The van der Waals surface area contributed by atoms with Crippen molar-refractivity contribution in [1.29, 1.82) is 0 Å². The molecule has 0 saturated heterocycles. The number of amides is 1. The highest BCUT2D eigenvalue weighted by Gasteiger charge is 2.13. The van der Waals surface area contributed by atoms with Gasteiger partial charge in [-0.2, -0.15) is 0 Å². The lowest BCUT2D eigenvalue weighted by atomic mass is 10.2. The van der Waals surface area contributed by atoms with Gasteiger partial charge in [0.2, 0.25) is 0 Å². The number of benzene rings is 2. The van der Waals surface area contributed by atoms with Crippen molar-refractivity contribution < 1.29 is 13.6 Å². The van der Waals surface area contributed by atoms with Gasteiger partial charge in [-0.05, 0) is 42.0 Å². The van der Waals surface area contributed by atoms with E-state index in [0.29, 0.717) is 17.5 Å². The molecule has 8 heteroatoms. The number of para-hydroxylation sites is 1. The van der Waals surface area contributed by atoms with Crippen LogP contribution in [0.25, 0.3) is 11.0 Å². The van der Waals surface area contributed by atoms with Crippen molar-refractivity contribution in [2.75, 3.05) is 0 Å². The summed E-state index contributed by atoms with van der Waals surface area (Å²) < 4.78 is 18.0. The van der Waals surface area contributed by atoms with E-state index in [1.54, 1.807) is 36.4 Å². The summed E-state index contributed by atoms with van der Waals surface area (Å²) in [5, 5.41) is 3.63. The molecule has 0 aliphatic rings. The fraction of sp³-hybridized carbons (Fsp3) is 0.0556. The largest absolute Gasteiger partial charge is 0.422 e. The maximum atomic E-state index is 12.8. The normalized spacial score (nSPS) is 10.3. The predicted molar refractivity (Wildman–Crippen MR) is 98.9 cm³/mol. The van der Waals surface area contributed by atoms with Crippen molar-refractivity contribution >= 4 is 34.2 Å². The first kappa shape index (κ1) is 17.6. The van der Waals surface area contributed by atoms with Gasteiger partial charge in [-0.3, -0.25) is 15.6 Å². The quantitative estimate of drug-likeness (QED) is 0.372. The van der Waals surface area contributed by atoms with E-state index < -0.39 is 11.5 Å². The highest BCUT2D eigenvalue weighted by molar-refractivity contribution is 7.80. The highest BCUT2D eigenvalue weighted by Crippen LogP contribution is 2.12. The Hall–Kier alpha value is -3.26. The molecule has 1 amide bonds. The summed E-state index contributed by atoms with van der Waals surface area (Å²) in [6.07, 6.45) is 0. The zero-order valence-electron chi connectivity index (χ0n) is 13.4. The molecule has 0 spiro atoms. The minimum atomic E-state index is -0.742. The van der Waals surface area contributed by atoms with Crippen LogP contribution >= 0.6 is 12.2 Å². The van der Waals surface area contributed by atoms with Crippen molar-refractivity contribution in [3.05, 3.63) is 82.0 Å². The van der Waals surface area contributed by atoms with E-state index in [1.807, 2.05) is 0 Å². The minimum absolute atomic E-state index is 0.141. The van der Waals surface area contributed by atoms with E-state index >= 15 is 0 Å². The van der Waals surface area contributed by atoms with Gasteiger partial charge in [0.05, 0.1) is 0 Å². The third-order valence-corrected chi connectivity index (χ3v) is 3.79. The monoisotopic (exact) mass is 371 g/mol. The second-order valence-corrected chi connectivity index (χ2v) is 5.78. The number of rotatable bonds is 3. The van der Waals surface area contributed by atoms with Gasteiger partial charge in [-0.1, -0.05) is 30.3 Å². The van der Waals surface area contributed by atoms with Crippen LogP contribution in [-0.2, 0) is 6.54 Å². The van der Waals surface area contributed by atoms with E-state index in [4.69, 9.17) is 16.6 Å². The molecule has 0 unspecified atom stereocenters. The lowest BCUT2D eigenvalue weighted by molar-refractivity contribution is 0.0940. The predicted octanol–water partition coefficient (Wildman–Crippen LogP) is 2.24. The smallest absolute Gasteiger partial charge is 0.349 e. The Morgan fingerprint density at radius 3 is 2.58 bits per heavy atom. The van der Waals surface area contributed by atoms with E-state index in [0.717, 1.165) is 5.56 Å². The SMILES string of the molecule is O=C(NNC(=S)NCc1ccc(F)cc1)c1cc2ccccc2oc1=O. The van der Waals surface area contributed by atoms with Crippen LogP contribution in [0, 0.1) is 5.82 Å². The third-order valence-electron chi connectivity index (χ3n) is 3.54. The average Bonchev–Trinajstić information content (AvgIpc) is 2.65. The van der Waals surface area contributed by atoms with E-state index in [9.17, 15) is 14.0 Å². The molecule has 3 N–H and O–H groups in total. The number of hydrazine groups is 1. The van der Waals surface area contributed by atoms with Gasteiger partial charge in [0.1, 0.15) is 17.0 Å². The fourth-order valence-corrected chi connectivity index (χ4v) is 2.35. The first-order valence-corrected chi connectivity index (χ1v) is 8.05. The Bertz CT molecular complexity index is 1020. The molecule has 3 aromatic rings. The first-order valence-electron chi connectivity index (χ1n) is 7.64. The maximum absolute atomic E-state index is 12.8. The van der Waals surface area contributed by atoms with Crippen molar-refractivity contribution in [3.8, 4) is 0 Å². The number of hydrogen-bond donors (Lipinski definition) is 3. The van der Waals surface area contributed by atoms with Crippen LogP contribution in [0.3, 0.4) is 0 Å². The molecule has 2 aromatic carbocycles. The Morgan fingerprint density at radius 2 is 1.81 bits per heavy atom. The average molecular weight is 371 g/mol. The summed E-state index contributed by atoms with van der Waals surface area (Å²) in [5.41, 5.74) is 5.18. The number of fused-ring (bicyclic) bond motifs is 1. The summed E-state index contributed by atoms with van der Waals surface area (Å²) in [7, 11) is 0. The molecule has 0 bridgehead atoms. The summed E-state index contributed by atoms with van der Waals surface area (Å²) in [5.74, 6) is -0.994. The van der Waals surface area contributed by atoms with Crippen molar-refractivity contribution in [3.63, 3.8) is 0 Å². The molecule has 0 radical (unpaired) electrons. The zero-order valence-corrected chi connectivity index (χ0v) is 14.2. The number of carbonyl (C=O) groups excluding carboxylic acids is 1. The number of hydrogen-bond acceptors (Lipinski definition) is 4. The van der Waals surface area contributed by atoms with Crippen LogP contribution in [0.1, 0.15) is 15.9 Å². The van der Waals surface area contributed by atoms with Crippen LogP contribution < -0.4 is 21.8 Å². The standard InChI is InChI=1S/C18H14FN3O3S/c19-13-7-5-11(6-8-13)10-20-18(26)22-21-16(23)14-9-12-3-1-2-4-15(12)25-17(14)24/h1-9H,10H2,(H,21,23)(H2,20,22,26). The van der Waals surface area contributed by atoms with Crippen LogP contribution in [0.4, 0.5) is 4.39 Å². The van der Waals surface area contributed by atoms with Gasteiger partial charge in [0.25, 0.3) is 5.91 Å². The molecular weight excluding hydrogens is 357 g/mol. The van der Waals surface area contributed by atoms with Crippen LogP contribution in [-0.4, -0.2) is 11.0 Å². The zero-order chi connectivity index (χ0) is 18.5. The Morgan fingerprint density at radius 1 is 1.08 bits per heavy atom. The molecule has 0 aliphatic heterocycles. The Labute approximate surface area is 153 Å². The van der Waals surface area contributed by atoms with Gasteiger partial charge in [0.15, 0.2) is 5.11 Å². The molecule has 132 valence electrons. The molecule has 0 atom stereocenters. The fourth-order valence-electron chi connectivity index (χ4n) is 2.23. The number of carbonyl (C=O) groups is 1. The molecular formula is C18H14FN3O3S. The van der Waals surface area contributed by atoms with E-state index in [2.05, 4.69) is 16.2 Å². The van der Waals surface area contributed by atoms with E-state index in [-0.39, 0.29) is 16.5 Å². The van der Waals surface area contributed by atoms with Crippen molar-refractivity contribution in [1.82, 2.24) is 16.2 Å². The van der Waals surface area contributed by atoms with Crippen LogP contribution in [0.2, 0.25) is 0 Å². The molecule has 0 aliphatic carbocycles. The molecule has 3 rings (SSSR count). The maximum Gasteiger partial charge on any atom is 0.349 e. The Kier molecular flexibility index (Phi) is 5.23. The van der Waals surface area contributed by atoms with Crippen LogP contribution in [0.5, 0.6) is 0 Å². The van der Waals surface area contributed by atoms with Gasteiger partial charge in [-0.15, -0.1) is 0 Å². The van der Waals surface area contributed by atoms with Gasteiger partial charge in [-0.25, -0.2) is 9.18 Å². The molecule has 0 saturated carbocycles. The van der Waals surface area contributed by atoms with Crippen molar-refractivity contribution in [2.24, 2.45) is 0 Å². The lowest BCUT2D eigenvalue weighted by Gasteiger charge is -2.11. The number of thiocarbonyl (C=S) groups is 1. The summed E-state index contributed by atoms with van der Waals surface area (Å²) in [6, 6.07) is 14.3. The van der Waals surface area contributed by atoms with Gasteiger partial charge in [0, 0.05) is 11.9 Å². The van der Waals surface area contributed by atoms with Crippen LogP contribution in [0.15, 0.2) is 63.8 Å².